The number of amides is 1. The Morgan fingerprint density at radius 3 is 2.83 bits per heavy atom. The molecule has 2 rings (SSSR count). The first-order chi connectivity index (χ1) is 8.70. The highest BCUT2D eigenvalue weighted by molar-refractivity contribution is 7.14. The van der Waals surface area contributed by atoms with Crippen LogP contribution in [0.2, 0.25) is 0 Å². The van der Waals surface area contributed by atoms with Gasteiger partial charge in [-0.1, -0.05) is 5.11 Å². The van der Waals surface area contributed by atoms with Gasteiger partial charge in [0.05, 0.1) is 11.4 Å². The molecular formula is C11H15N5OS. The highest BCUT2D eigenvalue weighted by Gasteiger charge is 2.21. The van der Waals surface area contributed by atoms with Gasteiger partial charge in [0.2, 0.25) is 0 Å². The normalized spacial score (nSPS) is 16.4. The van der Waals surface area contributed by atoms with Gasteiger partial charge in [-0.05, 0) is 24.7 Å². The second-order valence-electron chi connectivity index (χ2n) is 4.25. The number of hydrogen-bond acceptors (Lipinski definition) is 4. The first kappa shape index (κ1) is 12.9. The highest BCUT2D eigenvalue weighted by Crippen LogP contribution is 2.19. The van der Waals surface area contributed by atoms with E-state index in [9.17, 15) is 4.79 Å². The summed E-state index contributed by atoms with van der Waals surface area (Å²) in [7, 11) is 2.06. The third-order valence-electron chi connectivity index (χ3n) is 2.95. The van der Waals surface area contributed by atoms with Crippen LogP contribution in [0.4, 0.5) is 0 Å². The fourth-order valence-corrected chi connectivity index (χ4v) is 2.74. The summed E-state index contributed by atoms with van der Waals surface area (Å²) in [6.07, 6.45) is 0. The molecule has 18 heavy (non-hydrogen) atoms. The molecule has 0 unspecified atom stereocenters. The van der Waals surface area contributed by atoms with Crippen molar-refractivity contribution in [3.8, 4) is 0 Å². The molecular weight excluding hydrogens is 250 g/mol. The SMILES string of the molecule is CN1CCN(C(=O)c2ccc(CN=[N+]=[N-])s2)CC1. The maximum atomic E-state index is 12.2. The van der Waals surface area contributed by atoms with Crippen LogP contribution in [0.5, 0.6) is 0 Å². The maximum Gasteiger partial charge on any atom is 0.264 e. The molecule has 0 N–H and O–H groups in total. The first-order valence-electron chi connectivity index (χ1n) is 5.78. The lowest BCUT2D eigenvalue weighted by atomic mass is 10.3. The zero-order chi connectivity index (χ0) is 13.0. The van der Waals surface area contributed by atoms with Gasteiger partial charge in [0.1, 0.15) is 0 Å². The summed E-state index contributed by atoms with van der Waals surface area (Å²) in [5.74, 6) is 0.0836. The molecule has 7 heteroatoms. The standard InChI is InChI=1S/C11H15N5OS/c1-15-4-6-16(7-5-15)11(17)10-3-2-9(18-10)8-13-14-12/h2-3H,4-8H2,1H3. The molecule has 1 saturated heterocycles. The van der Waals surface area contributed by atoms with Gasteiger partial charge in [-0.3, -0.25) is 4.79 Å². The topological polar surface area (TPSA) is 72.3 Å². The van der Waals surface area contributed by atoms with Crippen molar-refractivity contribution in [1.82, 2.24) is 9.80 Å². The van der Waals surface area contributed by atoms with E-state index in [-0.39, 0.29) is 5.91 Å². The van der Waals surface area contributed by atoms with Crippen LogP contribution in [0, 0.1) is 0 Å². The van der Waals surface area contributed by atoms with Gasteiger partial charge in [0.25, 0.3) is 5.91 Å². The minimum Gasteiger partial charge on any atom is -0.335 e. The fourth-order valence-electron chi connectivity index (χ4n) is 1.84. The zero-order valence-corrected chi connectivity index (χ0v) is 11.1. The molecule has 1 amide bonds. The molecule has 0 atom stereocenters. The number of azide groups is 1. The second-order valence-corrected chi connectivity index (χ2v) is 5.42. The predicted octanol–water partition coefficient (Wildman–Crippen LogP) is 1.95. The van der Waals surface area contributed by atoms with Crippen LogP contribution in [0.3, 0.4) is 0 Å². The van der Waals surface area contributed by atoms with Gasteiger partial charge in [-0.25, -0.2) is 0 Å². The van der Waals surface area contributed by atoms with E-state index in [1.807, 2.05) is 17.0 Å². The van der Waals surface area contributed by atoms with Crippen LogP contribution in [0.15, 0.2) is 17.2 Å². The minimum absolute atomic E-state index is 0.0836. The van der Waals surface area contributed by atoms with Crippen molar-refractivity contribution in [2.75, 3.05) is 33.2 Å². The van der Waals surface area contributed by atoms with E-state index in [1.165, 1.54) is 11.3 Å². The van der Waals surface area contributed by atoms with E-state index in [1.54, 1.807) is 0 Å². The molecule has 0 saturated carbocycles. The Morgan fingerprint density at radius 2 is 2.17 bits per heavy atom. The number of carbonyl (C=O) groups excluding carboxylic acids is 1. The Bertz CT molecular complexity index is 472. The number of carbonyl (C=O) groups is 1. The van der Waals surface area contributed by atoms with E-state index in [0.29, 0.717) is 6.54 Å². The summed E-state index contributed by atoms with van der Waals surface area (Å²) in [5, 5.41) is 3.50. The number of rotatable bonds is 3. The van der Waals surface area contributed by atoms with Gasteiger partial charge in [-0.2, -0.15) is 0 Å². The van der Waals surface area contributed by atoms with Gasteiger partial charge in [0, 0.05) is 36.0 Å². The molecule has 0 spiro atoms. The van der Waals surface area contributed by atoms with E-state index in [0.717, 1.165) is 35.9 Å². The Morgan fingerprint density at radius 1 is 1.44 bits per heavy atom. The summed E-state index contributed by atoms with van der Waals surface area (Å²) in [6.45, 7) is 3.71. The number of piperazine rings is 1. The van der Waals surface area contributed by atoms with Crippen molar-refractivity contribution in [1.29, 1.82) is 0 Å². The summed E-state index contributed by atoms with van der Waals surface area (Å²) >= 11 is 1.41. The van der Waals surface area contributed by atoms with Crippen molar-refractivity contribution < 1.29 is 4.79 Å². The monoisotopic (exact) mass is 265 g/mol. The number of thiophene rings is 1. The lowest BCUT2D eigenvalue weighted by molar-refractivity contribution is 0.0669. The van der Waals surface area contributed by atoms with Gasteiger partial charge >= 0.3 is 0 Å². The zero-order valence-electron chi connectivity index (χ0n) is 10.2. The molecule has 1 aliphatic heterocycles. The van der Waals surface area contributed by atoms with Crippen molar-refractivity contribution in [3.63, 3.8) is 0 Å². The molecule has 0 aromatic carbocycles. The maximum absolute atomic E-state index is 12.2. The predicted molar refractivity (Wildman–Crippen MR) is 70.6 cm³/mol. The van der Waals surface area contributed by atoms with E-state index in [4.69, 9.17) is 5.53 Å². The van der Waals surface area contributed by atoms with Crippen LogP contribution in [0.1, 0.15) is 14.5 Å². The fraction of sp³-hybridized carbons (Fsp3) is 0.545. The second kappa shape index (κ2) is 5.86. The number of likely N-dealkylation sites (N-methyl/N-ethyl adjacent to an activating group) is 1. The van der Waals surface area contributed by atoms with E-state index >= 15 is 0 Å². The summed E-state index contributed by atoms with van der Waals surface area (Å²) < 4.78 is 0. The third-order valence-corrected chi connectivity index (χ3v) is 4.01. The van der Waals surface area contributed by atoms with Crippen LogP contribution in [0.25, 0.3) is 10.4 Å². The van der Waals surface area contributed by atoms with Crippen LogP contribution < -0.4 is 0 Å². The highest BCUT2D eigenvalue weighted by atomic mass is 32.1. The molecule has 1 fully saturated rings. The molecule has 6 nitrogen and oxygen atoms in total. The van der Waals surface area contributed by atoms with Gasteiger partial charge < -0.3 is 9.80 Å². The molecule has 1 aliphatic rings. The summed E-state index contributed by atoms with van der Waals surface area (Å²) in [4.78, 5) is 20.7. The Hall–Kier alpha value is -1.56. The van der Waals surface area contributed by atoms with Gasteiger partial charge in [0.15, 0.2) is 0 Å². The molecule has 0 aliphatic carbocycles. The average molecular weight is 265 g/mol. The number of nitrogens with zero attached hydrogens (tertiary/aromatic N) is 5. The van der Waals surface area contributed by atoms with Crippen molar-refractivity contribution in [2.45, 2.75) is 6.54 Å². The molecule has 0 radical (unpaired) electrons. The average Bonchev–Trinajstić information content (AvgIpc) is 2.85. The quantitative estimate of drug-likeness (QED) is 0.476. The Kier molecular flexibility index (Phi) is 4.19. The summed E-state index contributed by atoms with van der Waals surface area (Å²) in [6, 6.07) is 3.66. The lowest BCUT2D eigenvalue weighted by Crippen LogP contribution is -2.46. The van der Waals surface area contributed by atoms with Crippen LogP contribution >= 0.6 is 11.3 Å². The molecule has 96 valence electrons. The van der Waals surface area contributed by atoms with Crippen molar-refractivity contribution in [2.24, 2.45) is 5.11 Å². The van der Waals surface area contributed by atoms with Crippen molar-refractivity contribution >= 4 is 17.2 Å². The minimum atomic E-state index is 0.0836. The Balaban J connectivity index is 2.00. The van der Waals surface area contributed by atoms with Crippen LogP contribution in [-0.4, -0.2) is 48.9 Å². The van der Waals surface area contributed by atoms with Crippen LogP contribution in [-0.2, 0) is 6.54 Å². The van der Waals surface area contributed by atoms with E-state index < -0.39 is 0 Å². The van der Waals surface area contributed by atoms with E-state index in [2.05, 4.69) is 22.0 Å². The molecule has 2 heterocycles. The van der Waals surface area contributed by atoms with Crippen molar-refractivity contribution in [3.05, 3.63) is 32.3 Å². The molecule has 0 bridgehead atoms. The van der Waals surface area contributed by atoms with Gasteiger partial charge in [-0.15, -0.1) is 11.3 Å². The lowest BCUT2D eigenvalue weighted by Gasteiger charge is -2.32. The third kappa shape index (κ3) is 3.01. The smallest absolute Gasteiger partial charge is 0.264 e. The first-order valence-corrected chi connectivity index (χ1v) is 6.60. The largest absolute Gasteiger partial charge is 0.335 e. The molecule has 1 aromatic rings. The Labute approximate surface area is 109 Å². The number of hydrogen-bond donors (Lipinski definition) is 0. The molecule has 1 aromatic heterocycles. The summed E-state index contributed by atoms with van der Waals surface area (Å²) in [5.41, 5.74) is 8.26.